The van der Waals surface area contributed by atoms with Crippen LogP contribution in [0.3, 0.4) is 0 Å². The maximum atomic E-state index is 13.9. The number of hydrogen-bond donors (Lipinski definition) is 2. The van der Waals surface area contributed by atoms with Crippen LogP contribution >= 0.6 is 0 Å². The third-order valence-corrected chi connectivity index (χ3v) is 14.5. The number of unbranched alkanes of at least 4 members (excludes halogenated alkanes) is 2. The molecule has 1 aliphatic carbocycles. The number of halogens is 2. The number of carboxylic acids is 1. The number of carboxylic acid groups (broad SMARTS) is 1. The Morgan fingerprint density at radius 2 is 1.65 bits per heavy atom. The van der Waals surface area contributed by atoms with Crippen molar-refractivity contribution in [1.29, 1.82) is 0 Å². The minimum absolute atomic E-state index is 0.116. The second-order valence-corrected chi connectivity index (χ2v) is 20.9. The monoisotopic (exact) mass is 782 g/mol. The van der Waals surface area contributed by atoms with E-state index < -0.39 is 42.3 Å². The SMILES string of the molecule is C[Si]1(C)C2=CC(=[N+]3CC(F)C3)C=CC2=C(c2ccc(C(=O)NCCOCCOCCCCCNS(C)(=O)=O)cc2C(=O)[O-])c2ccc(N3CC(F)C3)cc21. The molecule has 2 aromatic carbocycles. The molecule has 0 atom stereocenters. The number of aromatic carboxylic acids is 1. The summed E-state index contributed by atoms with van der Waals surface area (Å²) in [5, 5.41) is 17.7. The third kappa shape index (κ3) is 9.08. The average molecular weight is 783 g/mol. The van der Waals surface area contributed by atoms with Gasteiger partial charge >= 0.3 is 0 Å². The summed E-state index contributed by atoms with van der Waals surface area (Å²) in [6, 6.07) is 10.7. The summed E-state index contributed by atoms with van der Waals surface area (Å²) in [7, 11) is -5.58. The van der Waals surface area contributed by atoms with Crippen LogP contribution in [-0.2, 0) is 19.5 Å². The predicted octanol–water partition coefficient (Wildman–Crippen LogP) is 2.26. The summed E-state index contributed by atoms with van der Waals surface area (Å²) < 4.78 is 65.4. The molecule has 54 heavy (non-hydrogen) atoms. The molecule has 0 aromatic heterocycles. The van der Waals surface area contributed by atoms with E-state index in [0.29, 0.717) is 58.1 Å². The Labute approximate surface area is 316 Å². The van der Waals surface area contributed by atoms with E-state index in [1.165, 1.54) is 6.07 Å². The molecule has 3 aliphatic heterocycles. The van der Waals surface area contributed by atoms with Crippen LogP contribution in [0.25, 0.3) is 5.57 Å². The molecule has 1 amide bonds. The van der Waals surface area contributed by atoms with Crippen molar-refractivity contribution in [2.24, 2.45) is 0 Å². The molecule has 2 saturated heterocycles. The maximum Gasteiger partial charge on any atom is 0.251 e. The van der Waals surface area contributed by atoms with E-state index in [0.717, 1.165) is 64.0 Å². The lowest BCUT2D eigenvalue weighted by Gasteiger charge is -2.41. The van der Waals surface area contributed by atoms with Crippen molar-refractivity contribution in [2.75, 3.05) is 76.9 Å². The van der Waals surface area contributed by atoms with Crippen molar-refractivity contribution in [3.05, 3.63) is 87.6 Å². The van der Waals surface area contributed by atoms with E-state index in [-0.39, 0.29) is 24.3 Å². The molecule has 6 rings (SSSR count). The van der Waals surface area contributed by atoms with Crippen LogP contribution in [0.4, 0.5) is 14.5 Å². The molecule has 3 heterocycles. The van der Waals surface area contributed by atoms with Gasteiger partial charge in [0.15, 0.2) is 18.8 Å². The zero-order valence-corrected chi connectivity index (χ0v) is 32.8. The summed E-state index contributed by atoms with van der Waals surface area (Å²) in [5.74, 6) is -1.86. The highest BCUT2D eigenvalue weighted by molar-refractivity contribution is 7.88. The number of nitrogens with one attached hydrogen (secondary N) is 2. The first kappa shape index (κ1) is 39.7. The van der Waals surface area contributed by atoms with Gasteiger partial charge < -0.3 is 29.6 Å². The molecule has 0 radical (unpaired) electrons. The minimum Gasteiger partial charge on any atom is -0.545 e. The van der Waals surface area contributed by atoms with Crippen LogP contribution in [0, 0.1) is 0 Å². The summed E-state index contributed by atoms with van der Waals surface area (Å²) in [5.41, 5.74) is 4.82. The van der Waals surface area contributed by atoms with Gasteiger partial charge in [-0.1, -0.05) is 25.2 Å². The predicted molar refractivity (Wildman–Crippen MR) is 205 cm³/mol. The van der Waals surface area contributed by atoms with Gasteiger partial charge in [0.2, 0.25) is 16.2 Å². The molecule has 11 nitrogen and oxygen atoms in total. The molecule has 15 heteroatoms. The van der Waals surface area contributed by atoms with Crippen molar-refractivity contribution in [3.8, 4) is 0 Å². The quantitative estimate of drug-likeness (QED) is 0.142. The average Bonchev–Trinajstić information content (AvgIpc) is 3.10. The Balaban J connectivity index is 1.14. The van der Waals surface area contributed by atoms with Gasteiger partial charge in [0.05, 0.1) is 45.1 Å². The lowest BCUT2D eigenvalue weighted by Crippen LogP contribution is -2.52. The highest BCUT2D eigenvalue weighted by atomic mass is 32.2. The van der Waals surface area contributed by atoms with Crippen LogP contribution in [0.2, 0.25) is 13.1 Å². The minimum atomic E-state index is -3.17. The third-order valence-electron chi connectivity index (χ3n) is 10.3. The fourth-order valence-corrected chi connectivity index (χ4v) is 10.9. The van der Waals surface area contributed by atoms with E-state index in [1.807, 2.05) is 33.8 Å². The molecule has 4 aliphatic rings. The number of carbonyl (C=O) groups excluding carboxylic acids is 2. The molecule has 2 aromatic rings. The van der Waals surface area contributed by atoms with Gasteiger partial charge in [-0.25, -0.2) is 26.5 Å². The first-order valence-electron chi connectivity index (χ1n) is 18.4. The van der Waals surface area contributed by atoms with Gasteiger partial charge in [-0.05, 0) is 82.3 Å². The smallest absolute Gasteiger partial charge is 0.251 e. The standard InChI is InChI=1S/C39H48F2N4O7SSi/c1-53(49,50)43-13-5-4-6-15-51-17-18-52-16-14-42-38(46)26-7-10-31(34(19-26)39(47)48)37-32-11-8-29(44-22-27(40)23-44)20-35(32)54(2,3)36-21-30(9-12-33(36)37)45-24-28(41)25-45/h7-12,19-21,27-28,43H,4-6,13-18,22-25H2,1-3H3,(H-,42,46,47,48). The zero-order valence-electron chi connectivity index (χ0n) is 31.0. The molecule has 0 saturated carbocycles. The number of carbonyl (C=O) groups is 2. The first-order valence-corrected chi connectivity index (χ1v) is 23.3. The molecule has 0 spiro atoms. The molecule has 2 N–H and O–H groups in total. The largest absolute Gasteiger partial charge is 0.545 e. The van der Waals surface area contributed by atoms with E-state index in [4.69, 9.17) is 9.47 Å². The second kappa shape index (κ2) is 16.8. The van der Waals surface area contributed by atoms with Crippen molar-refractivity contribution in [3.63, 3.8) is 0 Å². The van der Waals surface area contributed by atoms with Gasteiger partial charge in [0.25, 0.3) is 5.91 Å². The van der Waals surface area contributed by atoms with E-state index in [9.17, 15) is 31.9 Å². The number of nitrogens with zero attached hydrogens (tertiary/aromatic N) is 2. The summed E-state index contributed by atoms with van der Waals surface area (Å²) >= 11 is 0. The van der Waals surface area contributed by atoms with Crippen LogP contribution < -0.4 is 25.2 Å². The molecular weight excluding hydrogens is 735 g/mol. The fraction of sp³-hybridized carbons (Fsp3) is 0.462. The molecular formula is C39H48F2N4O7SSi. The lowest BCUT2D eigenvalue weighted by molar-refractivity contribution is -0.599. The van der Waals surface area contributed by atoms with Crippen molar-refractivity contribution < 1.29 is 45.9 Å². The molecule has 0 unspecified atom stereocenters. The summed E-state index contributed by atoms with van der Waals surface area (Å²) in [6.45, 7) is 7.90. The highest BCUT2D eigenvalue weighted by Gasteiger charge is 2.42. The molecule has 290 valence electrons. The normalized spacial score (nSPS) is 19.2. The maximum absolute atomic E-state index is 13.9. The van der Waals surface area contributed by atoms with E-state index in [1.54, 1.807) is 12.1 Å². The number of hydrogen-bond acceptors (Lipinski definition) is 8. The number of fused-ring (bicyclic) bond motifs is 2. The molecule has 0 bridgehead atoms. The Morgan fingerprint density at radius 1 is 0.926 bits per heavy atom. The van der Waals surface area contributed by atoms with E-state index >= 15 is 0 Å². The Morgan fingerprint density at radius 3 is 2.33 bits per heavy atom. The van der Waals surface area contributed by atoms with Crippen molar-refractivity contribution in [1.82, 2.24) is 10.0 Å². The summed E-state index contributed by atoms with van der Waals surface area (Å²) in [6.07, 6.45) is 7.83. The van der Waals surface area contributed by atoms with Crippen LogP contribution in [0.1, 0.15) is 51.1 Å². The van der Waals surface area contributed by atoms with Crippen LogP contribution in [-0.4, -0.2) is 123 Å². The number of rotatable bonds is 17. The Bertz CT molecular complexity index is 2020. The number of benzene rings is 2. The van der Waals surface area contributed by atoms with Crippen LogP contribution in [0.15, 0.2) is 65.4 Å². The Hall–Kier alpha value is -4.02. The van der Waals surface area contributed by atoms with Crippen LogP contribution in [0.5, 0.6) is 0 Å². The highest BCUT2D eigenvalue weighted by Crippen LogP contribution is 2.43. The van der Waals surface area contributed by atoms with Gasteiger partial charge in [0, 0.05) is 48.7 Å². The van der Waals surface area contributed by atoms with E-state index in [2.05, 4.69) is 35.3 Å². The van der Waals surface area contributed by atoms with Gasteiger partial charge in [-0.15, -0.1) is 0 Å². The number of alkyl halides is 2. The van der Waals surface area contributed by atoms with Crippen molar-refractivity contribution in [2.45, 2.75) is 44.7 Å². The van der Waals surface area contributed by atoms with Crippen molar-refractivity contribution >= 4 is 52.1 Å². The Kier molecular flexibility index (Phi) is 12.3. The zero-order chi connectivity index (χ0) is 38.6. The second-order valence-electron chi connectivity index (χ2n) is 14.7. The van der Waals surface area contributed by atoms with Gasteiger partial charge in [-0.3, -0.25) is 4.79 Å². The fourth-order valence-electron chi connectivity index (χ4n) is 7.28. The topological polar surface area (TPSA) is 140 Å². The molecule has 2 fully saturated rings. The first-order chi connectivity index (χ1) is 25.7. The van der Waals surface area contributed by atoms with Gasteiger partial charge in [0.1, 0.15) is 14.2 Å². The number of ether oxygens (including phenoxy) is 2. The lowest BCUT2D eigenvalue weighted by atomic mass is 9.86. The number of allylic oxidation sites excluding steroid dienone is 5. The summed E-state index contributed by atoms with van der Waals surface area (Å²) in [4.78, 5) is 27.9. The number of sulfonamides is 1. The number of anilines is 1. The number of amides is 1. The van der Waals surface area contributed by atoms with Gasteiger partial charge in [-0.2, -0.15) is 0 Å².